The van der Waals surface area contributed by atoms with Gasteiger partial charge in [0, 0.05) is 10.6 Å². The average Bonchev–Trinajstić information content (AvgIpc) is 3.05. The summed E-state index contributed by atoms with van der Waals surface area (Å²) in [5.41, 5.74) is 4.35. The van der Waals surface area contributed by atoms with Gasteiger partial charge in [-0.15, -0.1) is 11.3 Å². The van der Waals surface area contributed by atoms with Crippen molar-refractivity contribution in [1.29, 1.82) is 0 Å². The van der Waals surface area contributed by atoms with Gasteiger partial charge in [-0.1, -0.05) is 36.4 Å². The van der Waals surface area contributed by atoms with E-state index >= 15 is 0 Å². The van der Waals surface area contributed by atoms with E-state index in [2.05, 4.69) is 47.9 Å². The lowest BCUT2D eigenvalue weighted by atomic mass is 10.1. The number of hydrogen-bond donors (Lipinski definition) is 0. The SMILES string of the molecule is COc1ccc(-c2c(C)sc(=Nc3ccccc3)n2-c2ccccc2)cc1. The van der Waals surface area contributed by atoms with Gasteiger partial charge in [0.15, 0.2) is 4.80 Å². The molecular weight excluding hydrogens is 352 g/mol. The van der Waals surface area contributed by atoms with Crippen molar-refractivity contribution >= 4 is 17.0 Å². The predicted molar refractivity (Wildman–Crippen MR) is 112 cm³/mol. The van der Waals surface area contributed by atoms with Gasteiger partial charge in [-0.05, 0) is 61.0 Å². The second kappa shape index (κ2) is 7.64. The van der Waals surface area contributed by atoms with Gasteiger partial charge in [0.25, 0.3) is 0 Å². The van der Waals surface area contributed by atoms with E-state index in [1.807, 2.05) is 48.5 Å². The molecule has 0 atom stereocenters. The van der Waals surface area contributed by atoms with Crippen molar-refractivity contribution in [3.8, 4) is 22.7 Å². The third kappa shape index (κ3) is 3.57. The fraction of sp³-hybridized carbons (Fsp3) is 0.0870. The molecule has 27 heavy (non-hydrogen) atoms. The molecule has 3 nitrogen and oxygen atoms in total. The molecule has 0 saturated heterocycles. The number of aromatic nitrogens is 1. The van der Waals surface area contributed by atoms with Gasteiger partial charge in [-0.25, -0.2) is 4.99 Å². The van der Waals surface area contributed by atoms with E-state index in [1.165, 1.54) is 4.88 Å². The van der Waals surface area contributed by atoms with Crippen LogP contribution in [-0.2, 0) is 0 Å². The Hall–Kier alpha value is -3.11. The lowest BCUT2D eigenvalue weighted by molar-refractivity contribution is 0.415. The quantitative estimate of drug-likeness (QED) is 0.448. The number of benzene rings is 3. The van der Waals surface area contributed by atoms with E-state index in [9.17, 15) is 0 Å². The highest BCUT2D eigenvalue weighted by Crippen LogP contribution is 2.29. The van der Waals surface area contributed by atoms with Crippen molar-refractivity contribution in [3.05, 3.63) is 94.6 Å². The third-order valence-electron chi connectivity index (χ3n) is 4.35. The fourth-order valence-corrected chi connectivity index (χ4v) is 4.09. The van der Waals surface area contributed by atoms with Gasteiger partial charge < -0.3 is 4.74 Å². The molecule has 0 fully saturated rings. The molecule has 134 valence electrons. The zero-order valence-electron chi connectivity index (χ0n) is 15.3. The van der Waals surface area contributed by atoms with Crippen molar-refractivity contribution in [2.45, 2.75) is 6.92 Å². The topological polar surface area (TPSA) is 26.5 Å². The smallest absolute Gasteiger partial charge is 0.195 e. The summed E-state index contributed by atoms with van der Waals surface area (Å²) in [5, 5.41) is 0. The molecule has 0 aliphatic carbocycles. The van der Waals surface area contributed by atoms with Crippen LogP contribution in [0.1, 0.15) is 4.88 Å². The Balaban J connectivity index is 1.97. The van der Waals surface area contributed by atoms with Gasteiger partial charge in [-0.2, -0.15) is 0 Å². The van der Waals surface area contributed by atoms with E-state index in [1.54, 1.807) is 18.4 Å². The van der Waals surface area contributed by atoms with Crippen LogP contribution in [0, 0.1) is 6.92 Å². The number of nitrogens with zero attached hydrogens (tertiary/aromatic N) is 2. The summed E-state index contributed by atoms with van der Waals surface area (Å²) in [6.07, 6.45) is 0. The average molecular weight is 372 g/mol. The minimum absolute atomic E-state index is 0.854. The summed E-state index contributed by atoms with van der Waals surface area (Å²) in [4.78, 5) is 7.09. The summed E-state index contributed by atoms with van der Waals surface area (Å²) in [7, 11) is 1.69. The first-order valence-electron chi connectivity index (χ1n) is 8.78. The molecule has 1 heterocycles. The van der Waals surface area contributed by atoms with E-state index in [-0.39, 0.29) is 0 Å². The Morgan fingerprint density at radius 1 is 0.815 bits per heavy atom. The molecule has 0 spiro atoms. The number of para-hydroxylation sites is 2. The Labute approximate surface area is 162 Å². The zero-order chi connectivity index (χ0) is 18.6. The summed E-state index contributed by atoms with van der Waals surface area (Å²) in [6.45, 7) is 2.15. The first-order chi connectivity index (χ1) is 13.3. The number of ether oxygens (including phenoxy) is 1. The maximum absolute atomic E-state index is 5.31. The van der Waals surface area contributed by atoms with Crippen LogP contribution >= 0.6 is 11.3 Å². The van der Waals surface area contributed by atoms with E-state index in [0.29, 0.717) is 0 Å². The van der Waals surface area contributed by atoms with Crippen LogP contribution in [0.15, 0.2) is 89.9 Å². The molecule has 0 radical (unpaired) electrons. The van der Waals surface area contributed by atoms with Gasteiger partial charge in [0.05, 0.1) is 18.5 Å². The normalized spacial score (nSPS) is 11.6. The minimum atomic E-state index is 0.854. The number of thiazole rings is 1. The number of rotatable bonds is 4. The molecule has 0 N–H and O–H groups in total. The van der Waals surface area contributed by atoms with Gasteiger partial charge in [0.2, 0.25) is 0 Å². The van der Waals surface area contributed by atoms with E-state index in [0.717, 1.165) is 33.2 Å². The lowest BCUT2D eigenvalue weighted by Crippen LogP contribution is -2.13. The summed E-state index contributed by atoms with van der Waals surface area (Å²) in [6, 6.07) is 28.6. The molecule has 3 aromatic carbocycles. The Kier molecular flexibility index (Phi) is 4.90. The minimum Gasteiger partial charge on any atom is -0.497 e. The van der Waals surface area contributed by atoms with E-state index in [4.69, 9.17) is 9.73 Å². The van der Waals surface area contributed by atoms with Crippen LogP contribution in [0.5, 0.6) is 5.75 Å². The van der Waals surface area contributed by atoms with Crippen molar-refractivity contribution in [2.24, 2.45) is 4.99 Å². The molecule has 0 unspecified atom stereocenters. The first-order valence-corrected chi connectivity index (χ1v) is 9.60. The van der Waals surface area contributed by atoms with Crippen LogP contribution in [0.4, 0.5) is 5.69 Å². The maximum Gasteiger partial charge on any atom is 0.195 e. The number of hydrogen-bond acceptors (Lipinski definition) is 3. The van der Waals surface area contributed by atoms with Gasteiger partial charge >= 0.3 is 0 Å². The number of aryl methyl sites for hydroxylation is 1. The van der Waals surface area contributed by atoms with Crippen molar-refractivity contribution < 1.29 is 4.74 Å². The second-order valence-corrected chi connectivity index (χ2v) is 7.32. The largest absolute Gasteiger partial charge is 0.497 e. The molecule has 0 bridgehead atoms. The van der Waals surface area contributed by atoms with Crippen molar-refractivity contribution in [3.63, 3.8) is 0 Å². The number of methoxy groups -OCH3 is 1. The van der Waals surface area contributed by atoms with Gasteiger partial charge in [0.1, 0.15) is 5.75 Å². The molecule has 0 saturated carbocycles. The Morgan fingerprint density at radius 2 is 1.44 bits per heavy atom. The van der Waals surface area contributed by atoms with Crippen LogP contribution in [0.25, 0.3) is 16.9 Å². The van der Waals surface area contributed by atoms with Crippen molar-refractivity contribution in [1.82, 2.24) is 4.57 Å². The highest BCUT2D eigenvalue weighted by Gasteiger charge is 2.14. The van der Waals surface area contributed by atoms with E-state index < -0.39 is 0 Å². The zero-order valence-corrected chi connectivity index (χ0v) is 16.1. The summed E-state index contributed by atoms with van der Waals surface area (Å²) in [5.74, 6) is 0.854. The molecule has 0 amide bonds. The van der Waals surface area contributed by atoms with Crippen LogP contribution < -0.4 is 9.54 Å². The van der Waals surface area contributed by atoms with Crippen molar-refractivity contribution in [2.75, 3.05) is 7.11 Å². The molecule has 4 rings (SSSR count). The third-order valence-corrected chi connectivity index (χ3v) is 5.31. The summed E-state index contributed by atoms with van der Waals surface area (Å²) < 4.78 is 7.54. The Bertz CT molecular complexity index is 1090. The Morgan fingerprint density at radius 3 is 2.07 bits per heavy atom. The van der Waals surface area contributed by atoms with Crippen LogP contribution in [0.3, 0.4) is 0 Å². The summed E-state index contributed by atoms with van der Waals surface area (Å²) >= 11 is 1.70. The first kappa shape index (κ1) is 17.3. The molecular formula is C23H20N2OS. The molecule has 1 aromatic heterocycles. The molecule has 0 aliphatic rings. The molecule has 4 aromatic rings. The molecule has 4 heteroatoms. The van der Waals surface area contributed by atoms with Gasteiger partial charge in [-0.3, -0.25) is 4.57 Å². The standard InChI is InChI=1S/C23H20N2OS/c1-17-22(18-13-15-21(26-2)16-14-18)25(20-11-7-4-8-12-20)23(27-17)24-19-9-5-3-6-10-19/h3-16H,1-2H3. The highest BCUT2D eigenvalue weighted by atomic mass is 32.1. The fourth-order valence-electron chi connectivity index (χ4n) is 3.07. The maximum atomic E-state index is 5.31. The highest BCUT2D eigenvalue weighted by molar-refractivity contribution is 7.09. The molecule has 0 aliphatic heterocycles. The predicted octanol–water partition coefficient (Wildman–Crippen LogP) is 5.76. The monoisotopic (exact) mass is 372 g/mol. The second-order valence-electron chi connectivity index (χ2n) is 6.14. The lowest BCUT2D eigenvalue weighted by Gasteiger charge is -2.11. The van der Waals surface area contributed by atoms with Crippen LogP contribution in [0.2, 0.25) is 0 Å². The van der Waals surface area contributed by atoms with Crippen LogP contribution in [-0.4, -0.2) is 11.7 Å².